The predicted octanol–water partition coefficient (Wildman–Crippen LogP) is 3.53. The van der Waals surface area contributed by atoms with Crippen molar-refractivity contribution in [1.29, 1.82) is 0 Å². The van der Waals surface area contributed by atoms with E-state index in [1.54, 1.807) is 12.1 Å². The first kappa shape index (κ1) is 13.8. The Kier molecular flexibility index (Phi) is 6.41. The fourth-order valence-corrected chi connectivity index (χ4v) is 1.85. The third kappa shape index (κ3) is 5.55. The molecule has 0 aliphatic rings. The zero-order chi connectivity index (χ0) is 12.5. The average Bonchev–Trinajstić information content (AvgIpc) is 2.32. The number of rotatable bonds is 7. The molecule has 0 aliphatic heterocycles. The van der Waals surface area contributed by atoms with Crippen molar-refractivity contribution in [3.63, 3.8) is 0 Å². The second kappa shape index (κ2) is 7.91. The van der Waals surface area contributed by atoms with Crippen molar-refractivity contribution in [2.45, 2.75) is 26.7 Å². The topological polar surface area (TPSA) is 23.5 Å². The van der Waals surface area contributed by atoms with Crippen LogP contribution in [0.2, 0.25) is 0 Å². The van der Waals surface area contributed by atoms with Gasteiger partial charge in [0.25, 0.3) is 0 Å². The molecule has 0 bridgehead atoms. The molecule has 2 heteroatoms. The molecule has 1 aromatic rings. The molecule has 17 heavy (non-hydrogen) atoms. The second-order valence-electron chi connectivity index (χ2n) is 4.29. The summed E-state index contributed by atoms with van der Waals surface area (Å²) in [5.74, 6) is 0.320. The first-order chi connectivity index (χ1) is 8.26. The zero-order valence-electron chi connectivity index (χ0n) is 10.9. The number of benzene rings is 1. The summed E-state index contributed by atoms with van der Waals surface area (Å²) >= 11 is 0. The fourth-order valence-electron chi connectivity index (χ4n) is 1.85. The summed E-state index contributed by atoms with van der Waals surface area (Å²) < 4.78 is 0. The highest BCUT2D eigenvalue weighted by Gasteiger charge is 1.98. The minimum absolute atomic E-state index is 0.320. The number of hydrogen-bond acceptors (Lipinski definition) is 2. The highest BCUT2D eigenvalue weighted by molar-refractivity contribution is 5.50. The van der Waals surface area contributed by atoms with E-state index in [0.29, 0.717) is 5.75 Å². The summed E-state index contributed by atoms with van der Waals surface area (Å²) in [5, 5.41) is 9.18. The van der Waals surface area contributed by atoms with Crippen LogP contribution in [0.5, 0.6) is 5.75 Å². The highest BCUT2D eigenvalue weighted by Crippen LogP contribution is 2.10. The van der Waals surface area contributed by atoms with Crippen LogP contribution in [0, 0.1) is 0 Å². The van der Waals surface area contributed by atoms with E-state index in [-0.39, 0.29) is 0 Å². The molecule has 0 aliphatic carbocycles. The third-order valence-electron chi connectivity index (χ3n) is 2.65. The van der Waals surface area contributed by atoms with Crippen LogP contribution >= 0.6 is 0 Å². The Hall–Kier alpha value is -1.28. The Morgan fingerprint density at radius 1 is 1.06 bits per heavy atom. The lowest BCUT2D eigenvalue weighted by Crippen LogP contribution is -2.25. The number of phenolic OH excluding ortho intramolecular Hbond substituents is 1. The van der Waals surface area contributed by atoms with Crippen LogP contribution in [-0.2, 0) is 0 Å². The molecule has 0 unspecified atom stereocenters. The van der Waals surface area contributed by atoms with Crippen molar-refractivity contribution in [1.82, 2.24) is 4.90 Å². The van der Waals surface area contributed by atoms with E-state index in [0.717, 1.165) is 25.2 Å². The predicted molar refractivity (Wildman–Crippen MR) is 74.2 cm³/mol. The molecule has 2 nitrogen and oxygen atoms in total. The maximum Gasteiger partial charge on any atom is 0.115 e. The Balaban J connectivity index is 2.44. The van der Waals surface area contributed by atoms with Gasteiger partial charge in [-0.2, -0.15) is 0 Å². The average molecular weight is 233 g/mol. The van der Waals surface area contributed by atoms with Crippen molar-refractivity contribution < 1.29 is 5.11 Å². The van der Waals surface area contributed by atoms with Crippen LogP contribution in [0.3, 0.4) is 0 Å². The normalized spacial score (nSPS) is 11.5. The number of hydrogen-bond donors (Lipinski definition) is 1. The first-order valence-corrected chi connectivity index (χ1v) is 6.44. The minimum atomic E-state index is 0.320. The smallest absolute Gasteiger partial charge is 0.115 e. The summed E-state index contributed by atoms with van der Waals surface area (Å²) in [5.41, 5.74) is 1.13. The Bertz CT molecular complexity index is 323. The summed E-state index contributed by atoms with van der Waals surface area (Å²) in [6, 6.07) is 7.29. The van der Waals surface area contributed by atoms with Gasteiger partial charge < -0.3 is 5.11 Å². The Morgan fingerprint density at radius 3 is 2.18 bits per heavy atom. The van der Waals surface area contributed by atoms with Gasteiger partial charge in [-0.3, -0.25) is 4.90 Å². The van der Waals surface area contributed by atoms with Crippen LogP contribution in [0.4, 0.5) is 0 Å². The summed E-state index contributed by atoms with van der Waals surface area (Å²) in [7, 11) is 0. The van der Waals surface area contributed by atoms with Gasteiger partial charge in [0, 0.05) is 6.54 Å². The van der Waals surface area contributed by atoms with Crippen molar-refractivity contribution in [2.24, 2.45) is 0 Å². The number of nitrogens with zero attached hydrogens (tertiary/aromatic N) is 1. The SMILES string of the molecule is CCCN(C/C=C/c1ccc(O)cc1)CCC. The van der Waals surface area contributed by atoms with Gasteiger partial charge in [0.05, 0.1) is 0 Å². The summed E-state index contributed by atoms with van der Waals surface area (Å²) in [4.78, 5) is 2.46. The molecule has 0 saturated heterocycles. The molecular weight excluding hydrogens is 210 g/mol. The van der Waals surface area contributed by atoms with Gasteiger partial charge in [-0.1, -0.05) is 38.1 Å². The maximum atomic E-state index is 9.18. The van der Waals surface area contributed by atoms with E-state index in [1.807, 2.05) is 12.1 Å². The molecular formula is C15H23NO. The van der Waals surface area contributed by atoms with Crippen molar-refractivity contribution in [3.05, 3.63) is 35.9 Å². The molecule has 0 heterocycles. The van der Waals surface area contributed by atoms with Crippen LogP contribution in [-0.4, -0.2) is 29.6 Å². The van der Waals surface area contributed by atoms with E-state index in [1.165, 1.54) is 12.8 Å². The lowest BCUT2D eigenvalue weighted by Gasteiger charge is -2.18. The van der Waals surface area contributed by atoms with Gasteiger partial charge in [0.2, 0.25) is 0 Å². The molecule has 0 radical (unpaired) electrons. The van der Waals surface area contributed by atoms with Crippen LogP contribution in [0.1, 0.15) is 32.3 Å². The quantitative estimate of drug-likeness (QED) is 0.778. The van der Waals surface area contributed by atoms with E-state index in [4.69, 9.17) is 0 Å². The Morgan fingerprint density at radius 2 is 1.65 bits per heavy atom. The van der Waals surface area contributed by atoms with Crippen LogP contribution in [0.25, 0.3) is 6.08 Å². The number of aromatic hydroxyl groups is 1. The molecule has 0 saturated carbocycles. The molecule has 0 amide bonds. The molecule has 0 aromatic heterocycles. The fraction of sp³-hybridized carbons (Fsp3) is 0.467. The van der Waals surface area contributed by atoms with Crippen LogP contribution < -0.4 is 0 Å². The van der Waals surface area contributed by atoms with Gasteiger partial charge in [-0.25, -0.2) is 0 Å². The van der Waals surface area contributed by atoms with Crippen molar-refractivity contribution in [2.75, 3.05) is 19.6 Å². The van der Waals surface area contributed by atoms with Crippen LogP contribution in [0.15, 0.2) is 30.3 Å². The Labute approximate surface area is 105 Å². The minimum Gasteiger partial charge on any atom is -0.508 e. The molecule has 1 N–H and O–H groups in total. The van der Waals surface area contributed by atoms with Gasteiger partial charge in [0.15, 0.2) is 0 Å². The standard InChI is InChI=1S/C15H23NO/c1-3-11-16(12-4-2)13-5-6-14-7-9-15(17)10-8-14/h5-10,17H,3-4,11-13H2,1-2H3/b6-5+. The van der Waals surface area contributed by atoms with E-state index in [9.17, 15) is 5.11 Å². The first-order valence-electron chi connectivity index (χ1n) is 6.44. The molecule has 0 spiro atoms. The largest absolute Gasteiger partial charge is 0.508 e. The highest BCUT2D eigenvalue weighted by atomic mass is 16.3. The van der Waals surface area contributed by atoms with Gasteiger partial charge in [0.1, 0.15) is 5.75 Å². The monoisotopic (exact) mass is 233 g/mol. The van der Waals surface area contributed by atoms with Gasteiger partial charge in [-0.05, 0) is 43.6 Å². The molecule has 0 fully saturated rings. The molecule has 94 valence electrons. The summed E-state index contributed by atoms with van der Waals surface area (Å²) in [6.45, 7) is 7.75. The van der Waals surface area contributed by atoms with E-state index in [2.05, 4.69) is 30.9 Å². The van der Waals surface area contributed by atoms with Gasteiger partial charge in [-0.15, -0.1) is 0 Å². The maximum absolute atomic E-state index is 9.18. The van der Waals surface area contributed by atoms with E-state index >= 15 is 0 Å². The number of phenols is 1. The lowest BCUT2D eigenvalue weighted by atomic mass is 10.2. The van der Waals surface area contributed by atoms with Gasteiger partial charge >= 0.3 is 0 Å². The third-order valence-corrected chi connectivity index (χ3v) is 2.65. The zero-order valence-corrected chi connectivity index (χ0v) is 10.9. The van der Waals surface area contributed by atoms with E-state index < -0.39 is 0 Å². The molecule has 1 aromatic carbocycles. The van der Waals surface area contributed by atoms with Crippen molar-refractivity contribution >= 4 is 6.08 Å². The molecule has 0 atom stereocenters. The molecule has 1 rings (SSSR count). The lowest BCUT2D eigenvalue weighted by molar-refractivity contribution is 0.304. The second-order valence-corrected chi connectivity index (χ2v) is 4.29. The van der Waals surface area contributed by atoms with Crippen molar-refractivity contribution in [3.8, 4) is 5.75 Å². The summed E-state index contributed by atoms with van der Waals surface area (Å²) in [6.07, 6.45) is 6.70.